The van der Waals surface area contributed by atoms with Crippen molar-refractivity contribution in [2.45, 2.75) is 19.4 Å². The Bertz CT molecular complexity index is 1190. The number of ether oxygens (including phenoxy) is 1. The predicted octanol–water partition coefficient (Wildman–Crippen LogP) is 5.09. The first kappa shape index (κ1) is 22.2. The summed E-state index contributed by atoms with van der Waals surface area (Å²) in [7, 11) is 0. The fourth-order valence-electron chi connectivity index (χ4n) is 3.31. The number of aryl methyl sites for hydroxylation is 1. The maximum absolute atomic E-state index is 13.3. The zero-order valence-electron chi connectivity index (χ0n) is 17.9. The fraction of sp³-hybridized carbons (Fsp3) is 0.154. The van der Waals surface area contributed by atoms with E-state index in [4.69, 9.17) is 4.74 Å². The normalized spacial score (nSPS) is 10.7. The van der Waals surface area contributed by atoms with E-state index in [0.717, 1.165) is 18.4 Å². The summed E-state index contributed by atoms with van der Waals surface area (Å²) in [5, 5.41) is 7.26. The van der Waals surface area contributed by atoms with Gasteiger partial charge in [-0.1, -0.05) is 42.5 Å². The van der Waals surface area contributed by atoms with Gasteiger partial charge in [0, 0.05) is 6.54 Å². The molecule has 0 fully saturated rings. The third-order valence-corrected chi connectivity index (χ3v) is 5.07. The standard InChI is InChI=1S/C26H23F2N3O2/c27-21-10-8-20(9-11-21)18-33-24-17-31(23-14-12-22(28)13-15-23)30-25(24)26(32)29-16-4-7-19-5-2-1-3-6-19/h1-3,5-6,8-15,17H,4,7,16,18H2,(H,29,32). The Balaban J connectivity index is 1.46. The minimum absolute atomic E-state index is 0.126. The molecule has 0 bridgehead atoms. The molecule has 0 radical (unpaired) electrons. The molecule has 4 rings (SSSR count). The topological polar surface area (TPSA) is 56.2 Å². The van der Waals surface area contributed by atoms with E-state index in [1.54, 1.807) is 30.5 Å². The van der Waals surface area contributed by atoms with E-state index in [2.05, 4.69) is 10.4 Å². The highest BCUT2D eigenvalue weighted by Crippen LogP contribution is 2.22. The van der Waals surface area contributed by atoms with Gasteiger partial charge in [0.25, 0.3) is 5.91 Å². The molecule has 0 aliphatic rings. The summed E-state index contributed by atoms with van der Waals surface area (Å²) < 4.78 is 33.8. The van der Waals surface area contributed by atoms with Gasteiger partial charge in [-0.2, -0.15) is 5.10 Å². The number of halogens is 2. The van der Waals surface area contributed by atoms with Crippen LogP contribution in [0, 0.1) is 11.6 Å². The Morgan fingerprint density at radius 2 is 1.55 bits per heavy atom. The van der Waals surface area contributed by atoms with Crippen LogP contribution in [0.2, 0.25) is 0 Å². The number of rotatable bonds is 9. The van der Waals surface area contributed by atoms with Crippen LogP contribution in [0.15, 0.2) is 85.1 Å². The van der Waals surface area contributed by atoms with Gasteiger partial charge in [-0.3, -0.25) is 4.79 Å². The Morgan fingerprint density at radius 3 is 2.24 bits per heavy atom. The molecule has 33 heavy (non-hydrogen) atoms. The van der Waals surface area contributed by atoms with Crippen molar-refractivity contribution in [1.82, 2.24) is 15.1 Å². The van der Waals surface area contributed by atoms with E-state index in [0.29, 0.717) is 12.2 Å². The minimum Gasteiger partial charge on any atom is -0.485 e. The lowest BCUT2D eigenvalue weighted by molar-refractivity contribution is 0.0943. The number of benzene rings is 3. The van der Waals surface area contributed by atoms with Gasteiger partial charge in [0.15, 0.2) is 11.4 Å². The van der Waals surface area contributed by atoms with Gasteiger partial charge in [0.05, 0.1) is 11.9 Å². The smallest absolute Gasteiger partial charge is 0.275 e. The first-order valence-corrected chi connectivity index (χ1v) is 10.6. The minimum atomic E-state index is -0.366. The number of nitrogens with one attached hydrogen (secondary N) is 1. The molecule has 0 atom stereocenters. The van der Waals surface area contributed by atoms with Crippen LogP contribution in [-0.4, -0.2) is 22.2 Å². The number of hydrogen-bond acceptors (Lipinski definition) is 3. The number of carbonyl (C=O) groups excluding carboxylic acids is 1. The molecule has 0 saturated carbocycles. The number of hydrogen-bond donors (Lipinski definition) is 1. The Labute approximate surface area is 190 Å². The van der Waals surface area contributed by atoms with E-state index in [1.165, 1.54) is 34.5 Å². The average Bonchev–Trinajstić information content (AvgIpc) is 3.27. The third-order valence-electron chi connectivity index (χ3n) is 5.07. The van der Waals surface area contributed by atoms with Crippen LogP contribution in [0.5, 0.6) is 5.75 Å². The molecule has 0 unspecified atom stereocenters. The molecule has 1 aromatic heterocycles. The summed E-state index contributed by atoms with van der Waals surface area (Å²) in [6, 6.07) is 21.7. The number of aromatic nitrogens is 2. The van der Waals surface area contributed by atoms with Crippen molar-refractivity contribution >= 4 is 5.91 Å². The molecule has 168 valence electrons. The van der Waals surface area contributed by atoms with E-state index in [1.807, 2.05) is 30.3 Å². The Kier molecular flexibility index (Phi) is 7.09. The lowest BCUT2D eigenvalue weighted by atomic mass is 10.1. The van der Waals surface area contributed by atoms with Gasteiger partial charge >= 0.3 is 0 Å². The van der Waals surface area contributed by atoms with Gasteiger partial charge in [-0.15, -0.1) is 0 Å². The highest BCUT2D eigenvalue weighted by molar-refractivity contribution is 5.94. The maximum Gasteiger partial charge on any atom is 0.275 e. The second-order valence-electron chi connectivity index (χ2n) is 7.52. The molecule has 5 nitrogen and oxygen atoms in total. The van der Waals surface area contributed by atoms with Crippen LogP contribution in [0.25, 0.3) is 5.69 Å². The summed E-state index contributed by atoms with van der Waals surface area (Å²) in [4.78, 5) is 12.9. The van der Waals surface area contributed by atoms with Crippen molar-refractivity contribution in [1.29, 1.82) is 0 Å². The Hall–Kier alpha value is -4.00. The molecule has 1 amide bonds. The van der Waals surface area contributed by atoms with Gasteiger partial charge in [-0.25, -0.2) is 13.5 Å². The quantitative estimate of drug-likeness (QED) is 0.364. The van der Waals surface area contributed by atoms with Crippen LogP contribution in [-0.2, 0) is 13.0 Å². The Morgan fingerprint density at radius 1 is 0.879 bits per heavy atom. The summed E-state index contributed by atoms with van der Waals surface area (Å²) >= 11 is 0. The van der Waals surface area contributed by atoms with Crippen LogP contribution in [0.3, 0.4) is 0 Å². The first-order valence-electron chi connectivity index (χ1n) is 10.6. The zero-order chi connectivity index (χ0) is 23.0. The lowest BCUT2D eigenvalue weighted by Crippen LogP contribution is -2.26. The molecule has 0 aliphatic carbocycles. The van der Waals surface area contributed by atoms with Crippen molar-refractivity contribution in [2.24, 2.45) is 0 Å². The van der Waals surface area contributed by atoms with Gasteiger partial charge in [0.2, 0.25) is 0 Å². The molecule has 4 aromatic rings. The average molecular weight is 447 g/mol. The monoisotopic (exact) mass is 447 g/mol. The van der Waals surface area contributed by atoms with Crippen molar-refractivity contribution in [3.8, 4) is 11.4 Å². The van der Waals surface area contributed by atoms with E-state index < -0.39 is 0 Å². The summed E-state index contributed by atoms with van der Waals surface area (Å²) in [6.07, 6.45) is 3.20. The van der Waals surface area contributed by atoms with Gasteiger partial charge in [-0.05, 0) is 60.4 Å². The second kappa shape index (κ2) is 10.5. The molecule has 7 heteroatoms. The van der Waals surface area contributed by atoms with Crippen molar-refractivity contribution in [3.05, 3.63) is 114 Å². The summed E-state index contributed by atoms with van der Waals surface area (Å²) in [5.41, 5.74) is 2.67. The van der Waals surface area contributed by atoms with Crippen LogP contribution in [0.1, 0.15) is 28.0 Å². The molecule has 1 N–H and O–H groups in total. The molecule has 0 spiro atoms. The summed E-state index contributed by atoms with van der Waals surface area (Å²) in [6.45, 7) is 0.623. The SMILES string of the molecule is O=C(NCCCc1ccccc1)c1nn(-c2ccc(F)cc2)cc1OCc1ccc(F)cc1. The van der Waals surface area contributed by atoms with Crippen LogP contribution in [0.4, 0.5) is 8.78 Å². The predicted molar refractivity (Wildman–Crippen MR) is 121 cm³/mol. The zero-order valence-corrected chi connectivity index (χ0v) is 17.9. The van der Waals surface area contributed by atoms with Crippen LogP contribution < -0.4 is 10.1 Å². The number of amides is 1. The molecule has 0 aliphatic heterocycles. The molecule has 1 heterocycles. The molecular weight excluding hydrogens is 424 g/mol. The highest BCUT2D eigenvalue weighted by atomic mass is 19.1. The largest absolute Gasteiger partial charge is 0.485 e. The van der Waals surface area contributed by atoms with Crippen molar-refractivity contribution in [2.75, 3.05) is 6.54 Å². The molecular formula is C26H23F2N3O2. The van der Waals surface area contributed by atoms with Crippen molar-refractivity contribution < 1.29 is 18.3 Å². The molecule has 3 aromatic carbocycles. The number of carbonyl (C=O) groups is 1. The van der Waals surface area contributed by atoms with E-state index in [9.17, 15) is 13.6 Å². The van der Waals surface area contributed by atoms with Gasteiger partial charge < -0.3 is 10.1 Å². The summed E-state index contributed by atoms with van der Waals surface area (Å²) in [5.74, 6) is -0.782. The van der Waals surface area contributed by atoms with Crippen molar-refractivity contribution in [3.63, 3.8) is 0 Å². The lowest BCUT2D eigenvalue weighted by Gasteiger charge is -2.07. The highest BCUT2D eigenvalue weighted by Gasteiger charge is 2.19. The van der Waals surface area contributed by atoms with E-state index in [-0.39, 0.29) is 35.6 Å². The number of nitrogens with zero attached hydrogens (tertiary/aromatic N) is 2. The van der Waals surface area contributed by atoms with Gasteiger partial charge in [0.1, 0.15) is 18.2 Å². The first-order chi connectivity index (χ1) is 16.1. The molecule has 0 saturated heterocycles. The van der Waals surface area contributed by atoms with E-state index >= 15 is 0 Å². The fourth-order valence-corrected chi connectivity index (χ4v) is 3.31. The second-order valence-corrected chi connectivity index (χ2v) is 7.52. The maximum atomic E-state index is 13.3. The third kappa shape index (κ3) is 6.04. The van der Waals surface area contributed by atoms with Crippen LogP contribution >= 0.6 is 0 Å².